The van der Waals surface area contributed by atoms with E-state index in [0.29, 0.717) is 0 Å². The van der Waals surface area contributed by atoms with Gasteiger partial charge in [0.15, 0.2) is 0 Å². The van der Waals surface area contributed by atoms with Crippen molar-refractivity contribution in [1.29, 1.82) is 0 Å². The molecule has 0 N–H and O–H groups in total. The van der Waals surface area contributed by atoms with Gasteiger partial charge in [0.1, 0.15) is 0 Å². The zero-order valence-electron chi connectivity index (χ0n) is 30.8. The maximum absolute atomic E-state index is 2.46. The Morgan fingerprint density at radius 2 is 0.821 bits per heavy atom. The summed E-state index contributed by atoms with van der Waals surface area (Å²) < 4.78 is 2.46. The van der Waals surface area contributed by atoms with Crippen LogP contribution in [0, 0.1) is 0 Å². The van der Waals surface area contributed by atoms with Crippen LogP contribution in [0.4, 0.5) is 17.1 Å². The lowest BCUT2D eigenvalue weighted by Gasteiger charge is -2.28. The molecule has 2 heteroatoms. The number of rotatable bonds is 8. The van der Waals surface area contributed by atoms with E-state index in [1.54, 1.807) is 0 Å². The summed E-state index contributed by atoms with van der Waals surface area (Å²) in [4.78, 5) is 2.39. The molecule has 264 valence electrons. The standard InChI is InChI=1S/C54H38N2/c1-5-18-39(19-6-1)42-24-17-27-46(36-42)55(45-25-11-4-12-26-45)51-30-15-13-28-47(51)44-32-34-49-48-29-14-16-31-52(48)56(54(49)38-44)53-35-33-43(40-20-7-2-8-21-40)37-50(53)41-22-9-3-10-23-41/h1-38H. The van der Waals surface area contributed by atoms with Gasteiger partial charge in [-0.05, 0) is 88.0 Å². The predicted octanol–water partition coefficient (Wildman–Crippen LogP) is 14.9. The molecule has 56 heavy (non-hydrogen) atoms. The van der Waals surface area contributed by atoms with Crippen molar-refractivity contribution in [3.05, 3.63) is 231 Å². The van der Waals surface area contributed by atoms with E-state index >= 15 is 0 Å². The van der Waals surface area contributed by atoms with Crippen LogP contribution in [-0.4, -0.2) is 4.57 Å². The first-order valence-corrected chi connectivity index (χ1v) is 19.2. The van der Waals surface area contributed by atoms with Crippen molar-refractivity contribution in [3.8, 4) is 50.2 Å². The Bertz CT molecular complexity index is 2950. The smallest absolute Gasteiger partial charge is 0.0547 e. The third-order valence-corrected chi connectivity index (χ3v) is 10.8. The largest absolute Gasteiger partial charge is 0.310 e. The molecule has 10 rings (SSSR count). The van der Waals surface area contributed by atoms with Gasteiger partial charge in [0.25, 0.3) is 0 Å². The van der Waals surface area contributed by atoms with Gasteiger partial charge in [-0.1, -0.05) is 176 Å². The van der Waals surface area contributed by atoms with Crippen LogP contribution in [0.1, 0.15) is 0 Å². The van der Waals surface area contributed by atoms with Crippen LogP contribution in [0.3, 0.4) is 0 Å². The predicted molar refractivity (Wildman–Crippen MR) is 237 cm³/mol. The van der Waals surface area contributed by atoms with Gasteiger partial charge in [0, 0.05) is 33.3 Å². The van der Waals surface area contributed by atoms with Gasteiger partial charge in [-0.3, -0.25) is 0 Å². The number of aromatic nitrogens is 1. The first-order valence-electron chi connectivity index (χ1n) is 19.2. The van der Waals surface area contributed by atoms with Gasteiger partial charge in [0.2, 0.25) is 0 Å². The molecule has 0 aliphatic carbocycles. The summed E-state index contributed by atoms with van der Waals surface area (Å²) in [5, 5.41) is 2.46. The number of hydrogen-bond acceptors (Lipinski definition) is 1. The highest BCUT2D eigenvalue weighted by Crippen LogP contribution is 2.44. The van der Waals surface area contributed by atoms with Crippen LogP contribution in [-0.2, 0) is 0 Å². The summed E-state index contributed by atoms with van der Waals surface area (Å²) in [6.07, 6.45) is 0. The van der Waals surface area contributed by atoms with Crippen LogP contribution in [0.2, 0.25) is 0 Å². The van der Waals surface area contributed by atoms with E-state index in [2.05, 4.69) is 240 Å². The fourth-order valence-corrected chi connectivity index (χ4v) is 8.16. The van der Waals surface area contributed by atoms with E-state index in [4.69, 9.17) is 0 Å². The Morgan fingerprint density at radius 1 is 0.286 bits per heavy atom. The second-order valence-electron chi connectivity index (χ2n) is 14.2. The fourth-order valence-electron chi connectivity index (χ4n) is 8.16. The Kier molecular flexibility index (Phi) is 8.55. The van der Waals surface area contributed by atoms with E-state index in [1.807, 2.05) is 0 Å². The zero-order chi connectivity index (χ0) is 37.3. The minimum absolute atomic E-state index is 1.10. The average molecular weight is 715 g/mol. The van der Waals surface area contributed by atoms with Crippen molar-refractivity contribution in [2.45, 2.75) is 0 Å². The summed E-state index contributed by atoms with van der Waals surface area (Å²) in [6, 6.07) is 83.1. The summed E-state index contributed by atoms with van der Waals surface area (Å²) in [5.74, 6) is 0. The summed E-state index contributed by atoms with van der Waals surface area (Å²) in [6.45, 7) is 0. The Balaban J connectivity index is 1.19. The quantitative estimate of drug-likeness (QED) is 0.152. The van der Waals surface area contributed by atoms with Crippen LogP contribution >= 0.6 is 0 Å². The average Bonchev–Trinajstić information content (AvgIpc) is 3.61. The van der Waals surface area contributed by atoms with Crippen molar-refractivity contribution < 1.29 is 0 Å². The molecule has 0 aliphatic heterocycles. The third kappa shape index (κ3) is 6.04. The number of fused-ring (bicyclic) bond motifs is 3. The molecule has 2 nitrogen and oxygen atoms in total. The molecule has 10 aromatic rings. The van der Waals surface area contributed by atoms with Crippen molar-refractivity contribution in [2.24, 2.45) is 0 Å². The van der Waals surface area contributed by atoms with Gasteiger partial charge < -0.3 is 9.47 Å². The minimum Gasteiger partial charge on any atom is -0.310 e. The molecule has 0 fully saturated rings. The molecule has 0 aliphatic rings. The molecule has 0 radical (unpaired) electrons. The second-order valence-corrected chi connectivity index (χ2v) is 14.2. The molecular formula is C54H38N2. The third-order valence-electron chi connectivity index (χ3n) is 10.8. The van der Waals surface area contributed by atoms with E-state index < -0.39 is 0 Å². The molecule has 0 unspecified atom stereocenters. The molecule has 9 aromatic carbocycles. The first-order chi connectivity index (χ1) is 27.8. The van der Waals surface area contributed by atoms with Gasteiger partial charge >= 0.3 is 0 Å². The Hall–Kier alpha value is -7.42. The van der Waals surface area contributed by atoms with E-state index in [-0.39, 0.29) is 0 Å². The minimum atomic E-state index is 1.10. The monoisotopic (exact) mass is 714 g/mol. The highest BCUT2D eigenvalue weighted by atomic mass is 15.1. The maximum Gasteiger partial charge on any atom is 0.0547 e. The van der Waals surface area contributed by atoms with Gasteiger partial charge in [-0.15, -0.1) is 0 Å². The highest BCUT2D eigenvalue weighted by molar-refractivity contribution is 6.11. The number of benzene rings is 9. The van der Waals surface area contributed by atoms with E-state index in [0.717, 1.165) is 33.9 Å². The number of anilines is 3. The molecule has 1 heterocycles. The lowest BCUT2D eigenvalue weighted by atomic mass is 9.97. The summed E-state index contributed by atoms with van der Waals surface area (Å²) >= 11 is 0. The molecule has 0 saturated heterocycles. The van der Waals surface area contributed by atoms with Crippen LogP contribution in [0.15, 0.2) is 231 Å². The zero-order valence-corrected chi connectivity index (χ0v) is 30.8. The Labute approximate surface area is 327 Å². The van der Waals surface area contributed by atoms with Gasteiger partial charge in [0.05, 0.1) is 22.4 Å². The number of para-hydroxylation sites is 3. The van der Waals surface area contributed by atoms with Crippen LogP contribution < -0.4 is 4.90 Å². The molecule has 0 spiro atoms. The normalized spacial score (nSPS) is 11.2. The SMILES string of the molecule is c1ccc(-c2cccc(N(c3ccccc3)c3ccccc3-c3ccc4c5ccccc5n(-c5ccc(-c6ccccc6)cc5-c5ccccc5)c4c3)c2)cc1. The molecular weight excluding hydrogens is 677 g/mol. The first kappa shape index (κ1) is 33.2. The molecule has 0 saturated carbocycles. The summed E-state index contributed by atoms with van der Waals surface area (Å²) in [5.41, 5.74) is 16.3. The van der Waals surface area contributed by atoms with Crippen molar-refractivity contribution in [2.75, 3.05) is 4.90 Å². The topological polar surface area (TPSA) is 8.17 Å². The fraction of sp³-hybridized carbons (Fsp3) is 0. The lowest BCUT2D eigenvalue weighted by Crippen LogP contribution is -2.11. The van der Waals surface area contributed by atoms with E-state index in [9.17, 15) is 0 Å². The summed E-state index contributed by atoms with van der Waals surface area (Å²) in [7, 11) is 0. The van der Waals surface area contributed by atoms with Crippen molar-refractivity contribution >= 4 is 38.9 Å². The second kappa shape index (κ2) is 14.4. The van der Waals surface area contributed by atoms with Gasteiger partial charge in [-0.25, -0.2) is 0 Å². The van der Waals surface area contributed by atoms with Crippen molar-refractivity contribution in [1.82, 2.24) is 4.57 Å². The maximum atomic E-state index is 2.46. The molecule has 0 amide bonds. The Morgan fingerprint density at radius 3 is 1.55 bits per heavy atom. The highest BCUT2D eigenvalue weighted by Gasteiger charge is 2.21. The lowest BCUT2D eigenvalue weighted by molar-refractivity contribution is 1.18. The van der Waals surface area contributed by atoms with Gasteiger partial charge in [-0.2, -0.15) is 0 Å². The van der Waals surface area contributed by atoms with Crippen molar-refractivity contribution in [3.63, 3.8) is 0 Å². The van der Waals surface area contributed by atoms with E-state index in [1.165, 1.54) is 55.2 Å². The number of hydrogen-bond donors (Lipinski definition) is 0. The molecule has 0 atom stereocenters. The number of nitrogens with zero attached hydrogens (tertiary/aromatic N) is 2. The molecule has 0 bridgehead atoms. The van der Waals surface area contributed by atoms with Crippen LogP contribution in [0.25, 0.3) is 72.0 Å². The van der Waals surface area contributed by atoms with Crippen LogP contribution in [0.5, 0.6) is 0 Å². The molecule has 1 aromatic heterocycles.